The lowest BCUT2D eigenvalue weighted by Crippen LogP contribution is -2.13. The molecule has 0 fully saturated rings. The van der Waals surface area contributed by atoms with Gasteiger partial charge in [-0.25, -0.2) is 4.79 Å². The van der Waals surface area contributed by atoms with E-state index < -0.39 is 5.97 Å². The first-order valence-electron chi connectivity index (χ1n) is 9.83. The van der Waals surface area contributed by atoms with Gasteiger partial charge in [0, 0.05) is 16.5 Å². The van der Waals surface area contributed by atoms with Crippen LogP contribution in [-0.4, -0.2) is 18.5 Å². The number of hydrogen-bond donors (Lipinski definition) is 1. The Kier molecular flexibility index (Phi) is 6.51. The van der Waals surface area contributed by atoms with Gasteiger partial charge in [-0.05, 0) is 62.1 Å². The number of benzene rings is 1. The monoisotopic (exact) mass is 475 g/mol. The predicted molar refractivity (Wildman–Crippen MR) is 124 cm³/mol. The minimum atomic E-state index is -0.393. The summed E-state index contributed by atoms with van der Waals surface area (Å²) in [5.74, 6) is 0.284. The minimum Gasteiger partial charge on any atom is -0.462 e. The Morgan fingerprint density at radius 2 is 2.06 bits per heavy atom. The van der Waals surface area contributed by atoms with Crippen LogP contribution in [0.4, 0.5) is 5.00 Å². The maximum Gasteiger partial charge on any atom is 0.341 e. The number of halogens is 2. The van der Waals surface area contributed by atoms with E-state index in [9.17, 15) is 9.59 Å². The van der Waals surface area contributed by atoms with Crippen LogP contribution in [0.5, 0.6) is 0 Å². The molecule has 0 saturated heterocycles. The number of furan rings is 1. The molecule has 0 bridgehead atoms. The maximum atomic E-state index is 12.5. The van der Waals surface area contributed by atoms with Crippen molar-refractivity contribution in [3.8, 4) is 11.3 Å². The molecule has 0 aliphatic heterocycles. The van der Waals surface area contributed by atoms with Gasteiger partial charge in [0.2, 0.25) is 5.91 Å². The lowest BCUT2D eigenvalue weighted by molar-refractivity contribution is -0.111. The van der Waals surface area contributed by atoms with E-state index >= 15 is 0 Å². The fraction of sp³-hybridized carbons (Fsp3) is 0.217. The van der Waals surface area contributed by atoms with E-state index in [1.165, 1.54) is 17.4 Å². The van der Waals surface area contributed by atoms with Gasteiger partial charge in [0.25, 0.3) is 0 Å². The molecule has 1 aromatic carbocycles. The summed E-state index contributed by atoms with van der Waals surface area (Å²) >= 11 is 13.7. The molecule has 0 atom stereocenters. The number of aryl methyl sites for hydroxylation is 1. The van der Waals surface area contributed by atoms with Gasteiger partial charge < -0.3 is 14.5 Å². The molecule has 5 nitrogen and oxygen atoms in total. The number of anilines is 1. The lowest BCUT2D eigenvalue weighted by Gasteiger charge is -2.06. The van der Waals surface area contributed by atoms with E-state index in [1.54, 1.807) is 43.3 Å². The summed E-state index contributed by atoms with van der Waals surface area (Å²) in [5, 5.41) is 4.19. The number of esters is 1. The molecule has 3 aromatic rings. The second kappa shape index (κ2) is 9.30. The number of fused-ring (bicyclic) bond motifs is 1. The van der Waals surface area contributed by atoms with Crippen LogP contribution in [0.2, 0.25) is 10.0 Å². The average molecular weight is 476 g/mol. The maximum absolute atomic E-state index is 12.5. The highest BCUT2D eigenvalue weighted by Gasteiger charge is 2.28. The number of thiophene rings is 1. The highest BCUT2D eigenvalue weighted by molar-refractivity contribution is 7.17. The Labute approximate surface area is 193 Å². The van der Waals surface area contributed by atoms with E-state index in [0.29, 0.717) is 37.7 Å². The van der Waals surface area contributed by atoms with Crippen molar-refractivity contribution in [2.75, 3.05) is 11.9 Å². The zero-order valence-corrected chi connectivity index (χ0v) is 19.0. The Morgan fingerprint density at radius 1 is 1.23 bits per heavy atom. The van der Waals surface area contributed by atoms with Crippen molar-refractivity contribution < 1.29 is 18.7 Å². The smallest absolute Gasteiger partial charge is 0.341 e. The molecule has 2 heterocycles. The highest BCUT2D eigenvalue weighted by atomic mass is 35.5. The summed E-state index contributed by atoms with van der Waals surface area (Å²) < 4.78 is 11.0. The van der Waals surface area contributed by atoms with Gasteiger partial charge in [0.1, 0.15) is 16.5 Å². The molecule has 2 aromatic heterocycles. The van der Waals surface area contributed by atoms with Crippen LogP contribution in [0.25, 0.3) is 17.4 Å². The first-order valence-corrected chi connectivity index (χ1v) is 11.4. The topological polar surface area (TPSA) is 68.5 Å². The van der Waals surface area contributed by atoms with E-state index in [4.69, 9.17) is 32.4 Å². The Bertz CT molecular complexity index is 1180. The molecule has 8 heteroatoms. The summed E-state index contributed by atoms with van der Waals surface area (Å²) in [7, 11) is 0. The summed E-state index contributed by atoms with van der Waals surface area (Å²) in [6.07, 6.45) is 5.68. The van der Waals surface area contributed by atoms with Crippen molar-refractivity contribution in [1.82, 2.24) is 0 Å². The molecule has 0 radical (unpaired) electrons. The van der Waals surface area contributed by atoms with Gasteiger partial charge in [0.05, 0.1) is 22.2 Å². The molecule has 4 rings (SSSR count). The van der Waals surface area contributed by atoms with Crippen LogP contribution in [0.3, 0.4) is 0 Å². The molecule has 1 aliphatic carbocycles. The van der Waals surface area contributed by atoms with Crippen molar-refractivity contribution in [2.45, 2.75) is 26.2 Å². The van der Waals surface area contributed by atoms with Crippen LogP contribution in [0, 0.1) is 0 Å². The van der Waals surface area contributed by atoms with E-state index in [1.807, 2.05) is 0 Å². The van der Waals surface area contributed by atoms with Crippen molar-refractivity contribution in [2.24, 2.45) is 0 Å². The normalized spacial score (nSPS) is 12.9. The summed E-state index contributed by atoms with van der Waals surface area (Å²) in [5.41, 5.74) is 2.15. The molecule has 0 unspecified atom stereocenters. The second-order valence-corrected chi connectivity index (χ2v) is 8.80. The Balaban J connectivity index is 1.50. The second-order valence-electron chi connectivity index (χ2n) is 6.91. The molecule has 0 spiro atoms. The largest absolute Gasteiger partial charge is 0.462 e. The highest BCUT2D eigenvalue weighted by Crippen LogP contribution is 2.39. The number of nitrogens with one attached hydrogen (secondary N) is 1. The molecule has 1 N–H and O–H groups in total. The molecule has 0 saturated carbocycles. The third-order valence-corrected chi connectivity index (χ3v) is 6.91. The number of carbonyl (C=O) groups excluding carboxylic acids is 2. The SMILES string of the molecule is CCOC(=O)c1c(NC(=O)C=Cc2ccc(-c3cccc(Cl)c3Cl)o2)sc2c1CCC2. The fourth-order valence-electron chi connectivity index (χ4n) is 3.50. The van der Waals surface area contributed by atoms with Gasteiger partial charge in [-0.15, -0.1) is 11.3 Å². The first-order chi connectivity index (χ1) is 15.0. The average Bonchev–Trinajstić information content (AvgIpc) is 3.45. The van der Waals surface area contributed by atoms with Crippen LogP contribution < -0.4 is 5.32 Å². The van der Waals surface area contributed by atoms with Gasteiger partial charge in [-0.2, -0.15) is 0 Å². The van der Waals surface area contributed by atoms with E-state index in [2.05, 4.69) is 5.32 Å². The summed E-state index contributed by atoms with van der Waals surface area (Å²) in [6, 6.07) is 8.79. The van der Waals surface area contributed by atoms with Crippen LogP contribution in [0.1, 0.15) is 39.9 Å². The predicted octanol–water partition coefficient (Wildman–Crippen LogP) is 6.63. The van der Waals surface area contributed by atoms with Crippen molar-refractivity contribution >= 4 is 57.5 Å². The van der Waals surface area contributed by atoms with Gasteiger partial charge in [-0.3, -0.25) is 4.79 Å². The third-order valence-electron chi connectivity index (χ3n) is 4.88. The first kappa shape index (κ1) is 21.7. The Morgan fingerprint density at radius 3 is 2.87 bits per heavy atom. The fourth-order valence-corrected chi connectivity index (χ4v) is 5.18. The number of carbonyl (C=O) groups is 2. The number of ether oxygens (including phenoxy) is 1. The minimum absolute atomic E-state index is 0.286. The number of hydrogen-bond acceptors (Lipinski definition) is 5. The molecule has 1 aliphatic rings. The van der Waals surface area contributed by atoms with Crippen LogP contribution in [0.15, 0.2) is 40.8 Å². The number of rotatable bonds is 6. The zero-order chi connectivity index (χ0) is 22.0. The van der Waals surface area contributed by atoms with Gasteiger partial charge >= 0.3 is 5.97 Å². The molecule has 31 heavy (non-hydrogen) atoms. The zero-order valence-electron chi connectivity index (χ0n) is 16.7. The number of amides is 1. The molecule has 160 valence electrons. The van der Waals surface area contributed by atoms with Crippen molar-refractivity contribution in [3.63, 3.8) is 0 Å². The quantitative estimate of drug-likeness (QED) is 0.320. The van der Waals surface area contributed by atoms with E-state index in [-0.39, 0.29) is 12.5 Å². The van der Waals surface area contributed by atoms with Crippen LogP contribution in [-0.2, 0) is 22.4 Å². The lowest BCUT2D eigenvalue weighted by atomic mass is 10.1. The van der Waals surface area contributed by atoms with Gasteiger partial charge in [-0.1, -0.05) is 29.3 Å². The Hall–Kier alpha value is -2.54. The summed E-state index contributed by atoms with van der Waals surface area (Å²) in [6.45, 7) is 2.05. The molecular weight excluding hydrogens is 457 g/mol. The molecular formula is C23H19Cl2NO4S. The standard InChI is InChI=1S/C23H19Cl2NO4S/c1-2-29-23(28)20-15-6-4-8-18(15)31-22(20)26-19(27)12-10-13-9-11-17(30-13)14-5-3-7-16(24)21(14)25/h3,5,7,9-12H,2,4,6,8H2,1H3,(H,26,27). The van der Waals surface area contributed by atoms with E-state index in [0.717, 1.165) is 29.7 Å². The third kappa shape index (κ3) is 4.56. The summed E-state index contributed by atoms with van der Waals surface area (Å²) in [4.78, 5) is 26.0. The molecule has 1 amide bonds. The van der Waals surface area contributed by atoms with Gasteiger partial charge in [0.15, 0.2) is 0 Å². The van der Waals surface area contributed by atoms with Crippen molar-refractivity contribution in [3.05, 3.63) is 68.2 Å². The van der Waals surface area contributed by atoms with Crippen LogP contribution >= 0.6 is 34.5 Å². The van der Waals surface area contributed by atoms with Crippen molar-refractivity contribution in [1.29, 1.82) is 0 Å².